The van der Waals surface area contributed by atoms with Gasteiger partial charge in [-0.1, -0.05) is 12.1 Å². The Morgan fingerprint density at radius 3 is 2.54 bits per heavy atom. The van der Waals surface area contributed by atoms with Crippen LogP contribution in [0.4, 0.5) is 18.9 Å². The van der Waals surface area contributed by atoms with Crippen molar-refractivity contribution in [3.8, 4) is 23.1 Å². The number of benzene rings is 2. The highest BCUT2D eigenvalue weighted by atomic mass is 32.2. The normalized spacial score (nSPS) is 11.1. The molecule has 0 saturated carbocycles. The quantitative estimate of drug-likeness (QED) is 0.650. The van der Waals surface area contributed by atoms with Gasteiger partial charge in [0.05, 0.1) is 5.69 Å². The molecule has 0 bridgehead atoms. The van der Waals surface area contributed by atoms with E-state index in [9.17, 15) is 21.6 Å². The molecule has 3 aromatic rings. The van der Waals surface area contributed by atoms with Crippen molar-refractivity contribution in [2.24, 2.45) is 0 Å². The lowest BCUT2D eigenvalue weighted by molar-refractivity contribution is 0.344. The summed E-state index contributed by atoms with van der Waals surface area (Å²) in [4.78, 5) is 2.34. The van der Waals surface area contributed by atoms with Crippen LogP contribution in [-0.4, -0.2) is 20.0 Å². The molecule has 144 valence electrons. The Labute approximate surface area is 158 Å². The summed E-state index contributed by atoms with van der Waals surface area (Å²) < 4.78 is 73.4. The molecule has 1 heterocycles. The zero-order valence-corrected chi connectivity index (χ0v) is 14.9. The Morgan fingerprint density at radius 2 is 1.82 bits per heavy atom. The number of hydrogen-bond donors (Lipinski definition) is 2. The summed E-state index contributed by atoms with van der Waals surface area (Å²) >= 11 is 0. The van der Waals surface area contributed by atoms with Crippen molar-refractivity contribution in [1.29, 1.82) is 5.26 Å². The Hall–Kier alpha value is -3.45. The van der Waals surface area contributed by atoms with Crippen LogP contribution < -0.4 is 9.46 Å². The Kier molecular flexibility index (Phi) is 5.28. The van der Waals surface area contributed by atoms with E-state index in [0.717, 1.165) is 6.20 Å². The summed E-state index contributed by atoms with van der Waals surface area (Å²) in [6.07, 6.45) is 1.10. The van der Waals surface area contributed by atoms with Crippen LogP contribution in [0.3, 0.4) is 0 Å². The number of aromatic nitrogens is 1. The smallest absolute Gasteiger partial charge is 0.263 e. The molecule has 0 fully saturated rings. The predicted molar refractivity (Wildman–Crippen MR) is 94.5 cm³/mol. The van der Waals surface area contributed by atoms with Gasteiger partial charge in [0.25, 0.3) is 10.0 Å². The van der Waals surface area contributed by atoms with E-state index in [-0.39, 0.29) is 16.2 Å². The maximum Gasteiger partial charge on any atom is 0.263 e. The highest BCUT2D eigenvalue weighted by Crippen LogP contribution is 2.28. The predicted octanol–water partition coefficient (Wildman–Crippen LogP) is 3.80. The third-order valence-electron chi connectivity index (χ3n) is 3.69. The van der Waals surface area contributed by atoms with E-state index in [4.69, 9.17) is 10.00 Å². The number of anilines is 1. The SMILES string of the molecule is N#CCOc1cc(F)c(NS(=O)(=O)c2c[nH]c(-c3ccccc3F)c2)cc1F. The Bertz CT molecular complexity index is 1170. The fourth-order valence-corrected chi connectivity index (χ4v) is 3.45. The first-order chi connectivity index (χ1) is 13.3. The summed E-state index contributed by atoms with van der Waals surface area (Å²) in [6.45, 7) is -0.496. The molecule has 1 aromatic heterocycles. The molecular weight excluding hydrogens is 395 g/mol. The van der Waals surface area contributed by atoms with Gasteiger partial charge in [-0.25, -0.2) is 21.6 Å². The summed E-state index contributed by atoms with van der Waals surface area (Å²) in [5, 5.41) is 8.41. The lowest BCUT2D eigenvalue weighted by Crippen LogP contribution is -2.13. The number of halogens is 3. The highest BCUT2D eigenvalue weighted by molar-refractivity contribution is 7.92. The van der Waals surface area contributed by atoms with Crippen molar-refractivity contribution >= 4 is 15.7 Å². The van der Waals surface area contributed by atoms with E-state index in [2.05, 4.69) is 4.98 Å². The second-order valence-electron chi connectivity index (χ2n) is 5.54. The van der Waals surface area contributed by atoms with Gasteiger partial charge in [-0.3, -0.25) is 4.72 Å². The Morgan fingerprint density at radius 1 is 1.07 bits per heavy atom. The summed E-state index contributed by atoms with van der Waals surface area (Å²) in [6, 6.07) is 9.75. The number of H-pyrrole nitrogens is 1. The topological polar surface area (TPSA) is 95.0 Å². The third-order valence-corrected chi connectivity index (χ3v) is 5.03. The molecule has 0 spiro atoms. The molecule has 0 amide bonds. The van der Waals surface area contributed by atoms with Crippen LogP contribution in [0.25, 0.3) is 11.3 Å². The number of hydrogen-bond acceptors (Lipinski definition) is 4. The fraction of sp³-hybridized carbons (Fsp3) is 0.0556. The summed E-state index contributed by atoms with van der Waals surface area (Å²) in [5.41, 5.74) is -0.291. The van der Waals surface area contributed by atoms with Crippen LogP contribution in [0, 0.1) is 28.8 Å². The van der Waals surface area contributed by atoms with E-state index in [1.54, 1.807) is 12.1 Å². The van der Waals surface area contributed by atoms with Crippen molar-refractivity contribution in [1.82, 2.24) is 4.98 Å². The van der Waals surface area contributed by atoms with Crippen LogP contribution in [0.15, 0.2) is 53.6 Å². The van der Waals surface area contributed by atoms with E-state index >= 15 is 0 Å². The number of ether oxygens (including phenoxy) is 1. The molecule has 10 heteroatoms. The van der Waals surface area contributed by atoms with Gasteiger partial charge >= 0.3 is 0 Å². The largest absolute Gasteiger partial charge is 0.476 e. The van der Waals surface area contributed by atoms with Gasteiger partial charge in [0.2, 0.25) is 0 Å². The summed E-state index contributed by atoms with van der Waals surface area (Å²) in [5.74, 6) is -3.22. The Balaban J connectivity index is 1.88. The van der Waals surface area contributed by atoms with E-state index in [1.165, 1.54) is 24.3 Å². The second-order valence-corrected chi connectivity index (χ2v) is 7.23. The molecule has 0 saturated heterocycles. The molecular formula is C18H12F3N3O3S. The van der Waals surface area contributed by atoms with Crippen molar-refractivity contribution in [3.05, 3.63) is 66.1 Å². The van der Waals surface area contributed by atoms with Gasteiger partial charge in [0.1, 0.15) is 16.8 Å². The molecule has 3 rings (SSSR count). The van der Waals surface area contributed by atoms with Crippen molar-refractivity contribution < 1.29 is 26.3 Å². The zero-order chi connectivity index (χ0) is 20.3. The molecule has 0 aliphatic rings. The molecule has 6 nitrogen and oxygen atoms in total. The maximum absolute atomic E-state index is 14.1. The standard InChI is InChI=1S/C18H12F3N3O3S/c19-13-4-2-1-3-12(13)16-7-11(10-23-16)28(25,26)24-17-8-15(21)18(9-14(17)20)27-6-5-22/h1-4,7-10,23-24H,6H2. The first-order valence-electron chi connectivity index (χ1n) is 7.77. The van der Waals surface area contributed by atoms with Gasteiger partial charge in [0, 0.05) is 29.6 Å². The van der Waals surface area contributed by atoms with E-state index in [1.807, 2.05) is 4.72 Å². The van der Waals surface area contributed by atoms with Gasteiger partial charge in [-0.05, 0) is 18.2 Å². The zero-order valence-electron chi connectivity index (χ0n) is 14.0. The molecule has 0 radical (unpaired) electrons. The monoisotopic (exact) mass is 407 g/mol. The molecule has 28 heavy (non-hydrogen) atoms. The first-order valence-corrected chi connectivity index (χ1v) is 9.25. The average molecular weight is 407 g/mol. The van der Waals surface area contributed by atoms with Crippen LogP contribution in [0.5, 0.6) is 5.75 Å². The lowest BCUT2D eigenvalue weighted by atomic mass is 10.1. The molecule has 2 aromatic carbocycles. The van der Waals surface area contributed by atoms with Gasteiger partial charge in [-0.2, -0.15) is 5.26 Å². The minimum Gasteiger partial charge on any atom is -0.476 e. The molecule has 0 unspecified atom stereocenters. The number of aromatic amines is 1. The minimum atomic E-state index is -4.29. The van der Waals surface area contributed by atoms with Gasteiger partial charge in [-0.15, -0.1) is 0 Å². The number of rotatable bonds is 6. The third kappa shape index (κ3) is 3.94. The molecule has 2 N–H and O–H groups in total. The van der Waals surface area contributed by atoms with Crippen LogP contribution >= 0.6 is 0 Å². The van der Waals surface area contributed by atoms with Gasteiger partial charge in [0.15, 0.2) is 24.0 Å². The lowest BCUT2D eigenvalue weighted by Gasteiger charge is -2.10. The van der Waals surface area contributed by atoms with Crippen LogP contribution in [0.1, 0.15) is 0 Å². The molecule has 0 atom stereocenters. The number of nitrogens with zero attached hydrogens (tertiary/aromatic N) is 1. The van der Waals surface area contributed by atoms with E-state index in [0.29, 0.717) is 12.1 Å². The second kappa shape index (κ2) is 7.66. The average Bonchev–Trinajstić information content (AvgIpc) is 3.14. The van der Waals surface area contributed by atoms with Gasteiger partial charge < -0.3 is 9.72 Å². The fourth-order valence-electron chi connectivity index (χ4n) is 2.40. The molecule has 0 aliphatic heterocycles. The molecule has 0 aliphatic carbocycles. The first kappa shape index (κ1) is 19.3. The van der Waals surface area contributed by atoms with Crippen molar-refractivity contribution in [2.45, 2.75) is 4.90 Å². The minimum absolute atomic E-state index is 0.153. The summed E-state index contributed by atoms with van der Waals surface area (Å²) in [7, 11) is -4.29. The van der Waals surface area contributed by atoms with Crippen LogP contribution in [-0.2, 0) is 10.0 Å². The maximum atomic E-state index is 14.1. The van der Waals surface area contributed by atoms with E-state index < -0.39 is 45.5 Å². The number of nitrogens with one attached hydrogen (secondary N) is 2. The number of nitriles is 1. The van der Waals surface area contributed by atoms with Crippen molar-refractivity contribution in [3.63, 3.8) is 0 Å². The number of sulfonamides is 1. The highest BCUT2D eigenvalue weighted by Gasteiger charge is 2.21. The van der Waals surface area contributed by atoms with Crippen LogP contribution in [0.2, 0.25) is 0 Å². The van der Waals surface area contributed by atoms with Crippen molar-refractivity contribution in [2.75, 3.05) is 11.3 Å².